The Morgan fingerprint density at radius 3 is 3.00 bits per heavy atom. The molecule has 0 fully saturated rings. The maximum Gasteiger partial charge on any atom is 0.227 e. The van der Waals surface area contributed by atoms with Gasteiger partial charge in [-0.15, -0.1) is 0 Å². The van der Waals surface area contributed by atoms with E-state index in [0.717, 1.165) is 30.4 Å². The summed E-state index contributed by atoms with van der Waals surface area (Å²) in [7, 11) is 0. The van der Waals surface area contributed by atoms with Crippen LogP contribution in [0, 0.1) is 0 Å². The highest BCUT2D eigenvalue weighted by Gasteiger charge is 2.28. The summed E-state index contributed by atoms with van der Waals surface area (Å²) in [5.41, 5.74) is 3.30. The van der Waals surface area contributed by atoms with E-state index in [1.54, 1.807) is 0 Å². The molecule has 1 aliphatic rings. The largest absolute Gasteiger partial charge is 0.356 e. The van der Waals surface area contributed by atoms with E-state index in [0.29, 0.717) is 18.3 Å². The lowest BCUT2D eigenvalue weighted by Crippen LogP contribution is -2.27. The first-order valence-electron chi connectivity index (χ1n) is 7.46. The minimum absolute atomic E-state index is 0.0227. The summed E-state index contributed by atoms with van der Waals surface area (Å²) in [5.74, 6) is 1.36. The molecule has 0 saturated carbocycles. The Morgan fingerprint density at radius 1 is 1.43 bits per heavy atom. The van der Waals surface area contributed by atoms with Gasteiger partial charge in [-0.2, -0.15) is 4.98 Å². The van der Waals surface area contributed by atoms with Gasteiger partial charge in [0.05, 0.1) is 5.92 Å². The lowest BCUT2D eigenvalue weighted by Gasteiger charge is -2.11. The Bertz CT molecular complexity index is 663. The van der Waals surface area contributed by atoms with Gasteiger partial charge in [-0.25, -0.2) is 0 Å². The third-order valence-electron chi connectivity index (χ3n) is 3.92. The summed E-state index contributed by atoms with van der Waals surface area (Å²) >= 11 is 0. The zero-order valence-electron chi connectivity index (χ0n) is 12.3. The number of aromatic nitrogens is 2. The zero-order valence-corrected chi connectivity index (χ0v) is 12.3. The van der Waals surface area contributed by atoms with Gasteiger partial charge in [0.15, 0.2) is 0 Å². The second kappa shape index (κ2) is 5.68. The van der Waals surface area contributed by atoms with E-state index in [9.17, 15) is 4.79 Å². The predicted octanol–water partition coefficient (Wildman–Crippen LogP) is 2.46. The molecule has 5 nitrogen and oxygen atoms in total. The molecule has 1 amide bonds. The molecular weight excluding hydrogens is 266 g/mol. The number of aryl methyl sites for hydroxylation is 2. The summed E-state index contributed by atoms with van der Waals surface area (Å²) in [6.07, 6.45) is 2.53. The summed E-state index contributed by atoms with van der Waals surface area (Å²) in [6.45, 7) is 4.60. The van der Waals surface area contributed by atoms with E-state index in [4.69, 9.17) is 4.52 Å². The van der Waals surface area contributed by atoms with Gasteiger partial charge >= 0.3 is 0 Å². The van der Waals surface area contributed by atoms with Crippen LogP contribution in [-0.2, 0) is 17.6 Å². The molecule has 0 radical (unpaired) electrons. The van der Waals surface area contributed by atoms with Crippen LogP contribution in [-0.4, -0.2) is 22.6 Å². The van der Waals surface area contributed by atoms with E-state index in [1.807, 2.05) is 26.0 Å². The number of likely N-dealkylation sites (N-methyl/N-ethyl adjacent to an activating group) is 1. The summed E-state index contributed by atoms with van der Waals surface area (Å²) < 4.78 is 5.15. The van der Waals surface area contributed by atoms with Crippen molar-refractivity contribution in [2.24, 2.45) is 0 Å². The summed E-state index contributed by atoms with van der Waals surface area (Å²) in [4.78, 5) is 16.4. The van der Waals surface area contributed by atoms with Crippen molar-refractivity contribution in [2.75, 3.05) is 6.54 Å². The van der Waals surface area contributed by atoms with Crippen LogP contribution in [0.4, 0.5) is 0 Å². The number of nitrogens with one attached hydrogen (secondary N) is 1. The van der Waals surface area contributed by atoms with E-state index < -0.39 is 0 Å². The van der Waals surface area contributed by atoms with Crippen LogP contribution in [0.1, 0.15) is 43.2 Å². The average Bonchev–Trinajstić information content (AvgIpc) is 3.13. The smallest absolute Gasteiger partial charge is 0.227 e. The highest BCUT2D eigenvalue weighted by molar-refractivity contribution is 5.85. The van der Waals surface area contributed by atoms with E-state index in [1.165, 1.54) is 5.56 Å². The third-order valence-corrected chi connectivity index (χ3v) is 3.92. The van der Waals surface area contributed by atoms with Crippen molar-refractivity contribution in [1.82, 2.24) is 15.5 Å². The first-order chi connectivity index (χ1) is 10.2. The second-order valence-electron chi connectivity index (χ2n) is 5.26. The molecule has 21 heavy (non-hydrogen) atoms. The van der Waals surface area contributed by atoms with Gasteiger partial charge in [-0.1, -0.05) is 24.2 Å². The monoisotopic (exact) mass is 285 g/mol. The fourth-order valence-electron chi connectivity index (χ4n) is 2.84. The van der Waals surface area contributed by atoms with E-state index in [-0.39, 0.29) is 11.8 Å². The molecule has 1 heterocycles. The quantitative estimate of drug-likeness (QED) is 0.937. The number of rotatable bonds is 4. The summed E-state index contributed by atoms with van der Waals surface area (Å²) in [6, 6.07) is 6.08. The first kappa shape index (κ1) is 13.8. The number of carbonyl (C=O) groups excluding carboxylic acids is 1. The SMILES string of the molecule is CCNC(=O)[C@@H]1CCc2cc(-c3noc(CC)n3)ccc21. The van der Waals surface area contributed by atoms with Crippen LogP contribution in [0.25, 0.3) is 11.4 Å². The molecule has 5 heteroatoms. The highest BCUT2D eigenvalue weighted by atomic mass is 16.5. The Kier molecular flexibility index (Phi) is 3.73. The fraction of sp³-hybridized carbons (Fsp3) is 0.438. The van der Waals surface area contributed by atoms with Crippen molar-refractivity contribution in [1.29, 1.82) is 0 Å². The molecule has 0 saturated heterocycles. The molecule has 0 bridgehead atoms. The fourth-order valence-corrected chi connectivity index (χ4v) is 2.84. The Morgan fingerprint density at radius 2 is 2.29 bits per heavy atom. The molecule has 3 rings (SSSR count). The molecule has 1 aromatic carbocycles. The van der Waals surface area contributed by atoms with Gasteiger partial charge < -0.3 is 9.84 Å². The van der Waals surface area contributed by atoms with Gasteiger partial charge in [-0.3, -0.25) is 4.79 Å². The topological polar surface area (TPSA) is 68.0 Å². The van der Waals surface area contributed by atoms with Gasteiger partial charge in [0, 0.05) is 18.5 Å². The van der Waals surface area contributed by atoms with E-state index in [2.05, 4.69) is 21.5 Å². The molecule has 1 atom stereocenters. The van der Waals surface area contributed by atoms with Crippen LogP contribution >= 0.6 is 0 Å². The number of carbonyl (C=O) groups is 1. The Labute approximate surface area is 123 Å². The van der Waals surface area contributed by atoms with Gasteiger partial charge in [-0.05, 0) is 37.0 Å². The van der Waals surface area contributed by atoms with Gasteiger partial charge in [0.1, 0.15) is 0 Å². The molecular formula is C16H19N3O2. The normalized spacial score (nSPS) is 16.8. The van der Waals surface area contributed by atoms with Crippen LogP contribution in [0.2, 0.25) is 0 Å². The van der Waals surface area contributed by atoms with Crippen molar-refractivity contribution in [2.45, 2.75) is 39.0 Å². The van der Waals surface area contributed by atoms with Gasteiger partial charge in [0.2, 0.25) is 17.6 Å². The number of hydrogen-bond donors (Lipinski definition) is 1. The number of hydrogen-bond acceptors (Lipinski definition) is 4. The minimum atomic E-state index is -0.0227. The zero-order chi connectivity index (χ0) is 14.8. The van der Waals surface area contributed by atoms with Crippen LogP contribution in [0.5, 0.6) is 0 Å². The third kappa shape index (κ3) is 2.55. The first-order valence-corrected chi connectivity index (χ1v) is 7.46. The number of fused-ring (bicyclic) bond motifs is 1. The molecule has 1 N–H and O–H groups in total. The minimum Gasteiger partial charge on any atom is -0.356 e. The maximum absolute atomic E-state index is 12.1. The van der Waals surface area contributed by atoms with Gasteiger partial charge in [0.25, 0.3) is 0 Å². The molecule has 1 aliphatic carbocycles. The van der Waals surface area contributed by atoms with Crippen molar-refractivity contribution >= 4 is 5.91 Å². The van der Waals surface area contributed by atoms with Crippen LogP contribution in [0.3, 0.4) is 0 Å². The molecule has 0 spiro atoms. The molecule has 0 aliphatic heterocycles. The number of nitrogens with zero attached hydrogens (tertiary/aromatic N) is 2. The van der Waals surface area contributed by atoms with Crippen molar-refractivity contribution < 1.29 is 9.32 Å². The Hall–Kier alpha value is -2.17. The second-order valence-corrected chi connectivity index (χ2v) is 5.26. The van der Waals surface area contributed by atoms with Crippen LogP contribution < -0.4 is 5.32 Å². The predicted molar refractivity (Wildman–Crippen MR) is 78.9 cm³/mol. The Balaban J connectivity index is 1.88. The molecule has 0 unspecified atom stereocenters. The lowest BCUT2D eigenvalue weighted by molar-refractivity contribution is -0.122. The number of amides is 1. The molecule has 2 aromatic rings. The molecule has 110 valence electrons. The summed E-state index contributed by atoms with van der Waals surface area (Å²) in [5, 5.41) is 6.91. The number of benzene rings is 1. The van der Waals surface area contributed by atoms with Crippen molar-refractivity contribution in [3.63, 3.8) is 0 Å². The maximum atomic E-state index is 12.1. The lowest BCUT2D eigenvalue weighted by atomic mass is 9.99. The van der Waals surface area contributed by atoms with Crippen molar-refractivity contribution in [3.05, 3.63) is 35.2 Å². The highest BCUT2D eigenvalue weighted by Crippen LogP contribution is 2.35. The van der Waals surface area contributed by atoms with Crippen molar-refractivity contribution in [3.8, 4) is 11.4 Å². The average molecular weight is 285 g/mol. The molecule has 1 aromatic heterocycles. The standard InChI is InChI=1S/C16H19N3O2/c1-3-14-18-15(19-21-14)11-6-7-12-10(9-11)5-8-13(12)16(20)17-4-2/h6-7,9,13H,3-5,8H2,1-2H3,(H,17,20)/t13-/m1/s1. The van der Waals surface area contributed by atoms with Crippen LogP contribution in [0.15, 0.2) is 22.7 Å². The van der Waals surface area contributed by atoms with E-state index >= 15 is 0 Å².